The number of guanidine groups is 1. The molecule has 1 aromatic carbocycles. The van der Waals surface area contributed by atoms with Crippen LogP contribution in [0.5, 0.6) is 5.75 Å². The summed E-state index contributed by atoms with van der Waals surface area (Å²) < 4.78 is 6.40. The molecule has 0 saturated carbocycles. The van der Waals surface area contributed by atoms with Gasteiger partial charge >= 0.3 is 0 Å². The summed E-state index contributed by atoms with van der Waals surface area (Å²) in [5.74, 6) is 0.744. The first-order chi connectivity index (χ1) is 8.13. The Morgan fingerprint density at radius 2 is 2.24 bits per heavy atom. The molecule has 92 valence electrons. The van der Waals surface area contributed by atoms with E-state index in [1.807, 2.05) is 18.2 Å². The lowest BCUT2D eigenvalue weighted by atomic mass is 10.2. The van der Waals surface area contributed by atoms with E-state index in [9.17, 15) is 0 Å². The van der Waals surface area contributed by atoms with Crippen molar-refractivity contribution in [3.05, 3.63) is 28.2 Å². The Balaban J connectivity index is 2.74. The Bertz CT molecular complexity index is 427. The minimum Gasteiger partial charge on any atom is -0.492 e. The quantitative estimate of drug-likeness (QED) is 0.494. The van der Waals surface area contributed by atoms with Gasteiger partial charge in [0.15, 0.2) is 0 Å². The minimum atomic E-state index is -0.0665. The monoisotopic (exact) mass is 298 g/mol. The van der Waals surface area contributed by atoms with Gasteiger partial charge in [0.1, 0.15) is 5.75 Å². The van der Waals surface area contributed by atoms with Crippen LogP contribution in [0.4, 0.5) is 0 Å². The Morgan fingerprint density at radius 1 is 1.47 bits per heavy atom. The van der Waals surface area contributed by atoms with Gasteiger partial charge in [0.05, 0.1) is 17.3 Å². The average molecular weight is 299 g/mol. The number of halogens is 1. The maximum absolute atomic E-state index is 5.52. The van der Waals surface area contributed by atoms with Crippen LogP contribution < -0.4 is 16.2 Å². The van der Waals surface area contributed by atoms with Crippen molar-refractivity contribution < 1.29 is 4.74 Å². The van der Waals surface area contributed by atoms with Crippen LogP contribution in [0, 0.1) is 0 Å². The third-order valence-corrected chi connectivity index (χ3v) is 2.42. The Labute approximate surface area is 109 Å². The molecule has 0 aliphatic carbocycles. The molecule has 0 heterocycles. The molecule has 0 atom stereocenters. The molecule has 0 amide bonds. The zero-order chi connectivity index (χ0) is 12.7. The highest BCUT2D eigenvalue weighted by molar-refractivity contribution is 9.10. The summed E-state index contributed by atoms with van der Waals surface area (Å²) in [6, 6.07) is 5.63. The first-order valence-electron chi connectivity index (χ1n) is 5.17. The van der Waals surface area contributed by atoms with Gasteiger partial charge in [-0.2, -0.15) is 5.10 Å². The van der Waals surface area contributed by atoms with Crippen molar-refractivity contribution >= 4 is 28.1 Å². The van der Waals surface area contributed by atoms with E-state index in [4.69, 9.17) is 16.2 Å². The van der Waals surface area contributed by atoms with Gasteiger partial charge < -0.3 is 16.2 Å². The summed E-state index contributed by atoms with van der Waals surface area (Å²) in [6.45, 7) is 2.75. The molecule has 5 nitrogen and oxygen atoms in total. The second kappa shape index (κ2) is 6.90. The second-order valence-corrected chi connectivity index (χ2v) is 4.16. The number of hydrogen-bond acceptors (Lipinski definition) is 3. The van der Waals surface area contributed by atoms with Crippen LogP contribution in [0.15, 0.2) is 32.9 Å². The predicted molar refractivity (Wildman–Crippen MR) is 73.3 cm³/mol. The largest absolute Gasteiger partial charge is 0.492 e. The maximum Gasteiger partial charge on any atom is 0.211 e. The molecule has 0 radical (unpaired) electrons. The number of rotatable bonds is 5. The molecule has 1 aromatic rings. The fraction of sp³-hybridized carbons (Fsp3) is 0.273. The third-order valence-electron chi connectivity index (χ3n) is 1.80. The van der Waals surface area contributed by atoms with Crippen LogP contribution in [0.1, 0.15) is 18.9 Å². The van der Waals surface area contributed by atoms with E-state index in [1.165, 1.54) is 0 Å². The SMILES string of the molecule is CCCOc1ccc(/C=N\N=C(N)N)cc1Br. The minimum absolute atomic E-state index is 0.0665. The van der Waals surface area contributed by atoms with E-state index in [0.29, 0.717) is 6.61 Å². The molecule has 17 heavy (non-hydrogen) atoms. The standard InChI is InChI=1S/C11H15BrN4O/c1-2-5-17-10-4-3-8(6-9(10)12)7-15-16-11(13)14/h3-4,6-7H,2,5H2,1H3,(H4,13,14,16)/b15-7-. The highest BCUT2D eigenvalue weighted by Crippen LogP contribution is 2.25. The molecule has 0 unspecified atom stereocenters. The van der Waals surface area contributed by atoms with Crippen molar-refractivity contribution in [2.24, 2.45) is 21.7 Å². The molecule has 0 aliphatic heterocycles. The maximum atomic E-state index is 5.52. The zero-order valence-electron chi connectivity index (χ0n) is 9.56. The normalized spacial score (nSPS) is 10.5. The van der Waals surface area contributed by atoms with Gasteiger partial charge in [-0.3, -0.25) is 0 Å². The van der Waals surface area contributed by atoms with Gasteiger partial charge in [-0.15, -0.1) is 5.10 Å². The van der Waals surface area contributed by atoms with Crippen molar-refractivity contribution in [2.75, 3.05) is 6.61 Å². The van der Waals surface area contributed by atoms with Crippen LogP contribution >= 0.6 is 15.9 Å². The fourth-order valence-electron chi connectivity index (χ4n) is 1.09. The molecular weight excluding hydrogens is 284 g/mol. The van der Waals surface area contributed by atoms with Crippen molar-refractivity contribution in [1.29, 1.82) is 0 Å². The smallest absolute Gasteiger partial charge is 0.211 e. The highest BCUT2D eigenvalue weighted by atomic mass is 79.9. The van der Waals surface area contributed by atoms with E-state index in [2.05, 4.69) is 33.1 Å². The number of hydrogen-bond donors (Lipinski definition) is 2. The van der Waals surface area contributed by atoms with Crippen LogP contribution in [0.3, 0.4) is 0 Å². The van der Waals surface area contributed by atoms with Gasteiger partial charge in [0, 0.05) is 0 Å². The molecule has 6 heteroatoms. The first kappa shape index (κ1) is 13.5. The van der Waals surface area contributed by atoms with Crippen molar-refractivity contribution in [3.63, 3.8) is 0 Å². The van der Waals surface area contributed by atoms with Crippen LogP contribution in [0.25, 0.3) is 0 Å². The second-order valence-electron chi connectivity index (χ2n) is 3.31. The average Bonchev–Trinajstić information content (AvgIpc) is 2.27. The van der Waals surface area contributed by atoms with Gasteiger partial charge in [-0.25, -0.2) is 0 Å². The molecule has 0 bridgehead atoms. The lowest BCUT2D eigenvalue weighted by Gasteiger charge is -2.06. The van der Waals surface area contributed by atoms with Gasteiger partial charge in [0.25, 0.3) is 0 Å². The Morgan fingerprint density at radius 3 is 2.82 bits per heavy atom. The summed E-state index contributed by atoms with van der Waals surface area (Å²) >= 11 is 3.43. The predicted octanol–water partition coefficient (Wildman–Crippen LogP) is 1.85. The highest BCUT2D eigenvalue weighted by Gasteiger charge is 2.00. The fourth-order valence-corrected chi connectivity index (χ4v) is 1.60. The molecule has 0 fully saturated rings. The first-order valence-corrected chi connectivity index (χ1v) is 5.97. The van der Waals surface area contributed by atoms with Crippen molar-refractivity contribution in [2.45, 2.75) is 13.3 Å². The molecule has 0 spiro atoms. The van der Waals surface area contributed by atoms with E-state index in [-0.39, 0.29) is 5.96 Å². The molecule has 4 N–H and O–H groups in total. The lowest BCUT2D eigenvalue weighted by molar-refractivity contribution is 0.315. The molecule has 1 rings (SSSR count). The molecule has 0 saturated heterocycles. The molecule has 0 aromatic heterocycles. The van der Waals surface area contributed by atoms with Gasteiger partial charge in [0.2, 0.25) is 5.96 Å². The van der Waals surface area contributed by atoms with E-state index >= 15 is 0 Å². The molecule has 0 aliphatic rings. The number of nitrogens with zero attached hydrogens (tertiary/aromatic N) is 2. The van der Waals surface area contributed by atoms with Crippen molar-refractivity contribution in [3.8, 4) is 5.75 Å². The molecular formula is C11H15BrN4O. The number of ether oxygens (including phenoxy) is 1. The van der Waals surface area contributed by atoms with E-state index in [0.717, 1.165) is 22.2 Å². The lowest BCUT2D eigenvalue weighted by Crippen LogP contribution is -2.21. The van der Waals surface area contributed by atoms with E-state index in [1.54, 1.807) is 6.21 Å². The topological polar surface area (TPSA) is 86.0 Å². The summed E-state index contributed by atoms with van der Waals surface area (Å²) in [6.07, 6.45) is 2.54. The zero-order valence-corrected chi connectivity index (χ0v) is 11.1. The van der Waals surface area contributed by atoms with Gasteiger partial charge in [-0.05, 0) is 46.1 Å². The summed E-state index contributed by atoms with van der Waals surface area (Å²) in [7, 11) is 0. The van der Waals surface area contributed by atoms with Crippen LogP contribution in [0.2, 0.25) is 0 Å². The summed E-state index contributed by atoms with van der Waals surface area (Å²) in [4.78, 5) is 0. The van der Waals surface area contributed by atoms with Crippen LogP contribution in [-0.4, -0.2) is 18.8 Å². The number of nitrogens with two attached hydrogens (primary N) is 2. The Kier molecular flexibility index (Phi) is 5.48. The van der Waals surface area contributed by atoms with E-state index < -0.39 is 0 Å². The number of benzene rings is 1. The van der Waals surface area contributed by atoms with Gasteiger partial charge in [-0.1, -0.05) is 6.92 Å². The third kappa shape index (κ3) is 4.86. The summed E-state index contributed by atoms with van der Waals surface area (Å²) in [5, 5.41) is 7.24. The summed E-state index contributed by atoms with van der Waals surface area (Å²) in [5.41, 5.74) is 11.2. The van der Waals surface area contributed by atoms with Crippen LogP contribution in [-0.2, 0) is 0 Å². The Hall–Kier alpha value is -1.56. The van der Waals surface area contributed by atoms with Crippen molar-refractivity contribution in [1.82, 2.24) is 0 Å².